The third kappa shape index (κ3) is 5.81. The molecular formula is C15H24BrClN2O. The van der Waals surface area contributed by atoms with Crippen LogP contribution in [-0.4, -0.2) is 25.5 Å². The minimum absolute atomic E-state index is 0. The van der Waals surface area contributed by atoms with Gasteiger partial charge in [-0.05, 0) is 44.5 Å². The Bertz CT molecular complexity index is 424. The monoisotopic (exact) mass is 362 g/mol. The van der Waals surface area contributed by atoms with Crippen molar-refractivity contribution in [2.24, 2.45) is 0 Å². The summed E-state index contributed by atoms with van der Waals surface area (Å²) < 4.78 is 0.996. The Morgan fingerprint density at radius 3 is 2.55 bits per heavy atom. The molecule has 0 radical (unpaired) electrons. The van der Waals surface area contributed by atoms with Crippen LogP contribution in [0.3, 0.4) is 0 Å². The quantitative estimate of drug-likeness (QED) is 0.730. The molecular weight excluding hydrogens is 340 g/mol. The van der Waals surface area contributed by atoms with Crippen molar-refractivity contribution in [3.8, 4) is 0 Å². The van der Waals surface area contributed by atoms with Crippen molar-refractivity contribution in [2.75, 3.05) is 19.6 Å². The summed E-state index contributed by atoms with van der Waals surface area (Å²) in [5.74, 6) is 0.0592. The lowest BCUT2D eigenvalue weighted by atomic mass is 9.84. The molecule has 5 heteroatoms. The molecule has 0 atom stereocenters. The predicted molar refractivity (Wildman–Crippen MR) is 90.6 cm³/mol. The summed E-state index contributed by atoms with van der Waals surface area (Å²) in [7, 11) is 0. The number of hydrogen-bond donors (Lipinski definition) is 2. The van der Waals surface area contributed by atoms with E-state index < -0.39 is 5.41 Å². The minimum atomic E-state index is -0.519. The second kappa shape index (κ2) is 9.37. The molecule has 1 rings (SSSR count). The Morgan fingerprint density at radius 1 is 1.25 bits per heavy atom. The van der Waals surface area contributed by atoms with Gasteiger partial charge in [0.2, 0.25) is 5.91 Å². The normalized spacial score (nSPS) is 10.8. The molecule has 0 saturated carbocycles. The van der Waals surface area contributed by atoms with Crippen LogP contribution < -0.4 is 10.6 Å². The molecule has 0 aliphatic carbocycles. The number of carbonyl (C=O) groups excluding carboxylic acids is 1. The number of benzene rings is 1. The number of rotatable bonds is 7. The average Bonchev–Trinajstić information content (AvgIpc) is 2.38. The van der Waals surface area contributed by atoms with Gasteiger partial charge in [0, 0.05) is 17.6 Å². The van der Waals surface area contributed by atoms with Gasteiger partial charge in [0.15, 0.2) is 0 Å². The van der Waals surface area contributed by atoms with Crippen molar-refractivity contribution >= 4 is 34.2 Å². The Hall–Kier alpha value is -0.580. The number of amides is 1. The molecule has 0 heterocycles. The van der Waals surface area contributed by atoms with Crippen LogP contribution in [0.5, 0.6) is 0 Å². The standard InChI is InChI=1S/C15H23BrN2O.ClH/c1-4-8-17-9-10-18-14(19)15(2,3)12-6-5-7-13(16)11-12;/h5-7,11,17H,4,8-10H2,1-3H3,(H,18,19);1H. The first kappa shape index (κ1) is 19.4. The molecule has 1 amide bonds. The number of halogens is 2. The molecule has 0 aromatic heterocycles. The molecule has 0 unspecified atom stereocenters. The van der Waals surface area contributed by atoms with E-state index in [0.29, 0.717) is 6.54 Å². The van der Waals surface area contributed by atoms with Crippen LogP contribution in [0.4, 0.5) is 0 Å². The fourth-order valence-corrected chi connectivity index (χ4v) is 2.19. The smallest absolute Gasteiger partial charge is 0.230 e. The summed E-state index contributed by atoms with van der Waals surface area (Å²) in [6, 6.07) is 7.90. The molecule has 1 aromatic rings. The van der Waals surface area contributed by atoms with Crippen LogP contribution in [-0.2, 0) is 10.2 Å². The Labute approximate surface area is 136 Å². The van der Waals surface area contributed by atoms with Gasteiger partial charge in [-0.1, -0.05) is 35.0 Å². The van der Waals surface area contributed by atoms with Gasteiger partial charge in [0.05, 0.1) is 5.41 Å². The van der Waals surface area contributed by atoms with Gasteiger partial charge in [-0.3, -0.25) is 4.79 Å². The molecule has 0 aliphatic rings. The van der Waals surface area contributed by atoms with Crippen LogP contribution in [0.25, 0.3) is 0 Å². The summed E-state index contributed by atoms with van der Waals surface area (Å²) in [5.41, 5.74) is 0.495. The maximum Gasteiger partial charge on any atom is 0.230 e. The third-order valence-corrected chi connectivity index (χ3v) is 3.62. The van der Waals surface area contributed by atoms with Gasteiger partial charge in [0.25, 0.3) is 0 Å². The predicted octanol–water partition coefficient (Wildman–Crippen LogP) is 3.26. The van der Waals surface area contributed by atoms with Crippen molar-refractivity contribution in [3.63, 3.8) is 0 Å². The summed E-state index contributed by atoms with van der Waals surface area (Å²) in [6.45, 7) is 8.49. The topological polar surface area (TPSA) is 41.1 Å². The van der Waals surface area contributed by atoms with Crippen molar-refractivity contribution in [3.05, 3.63) is 34.3 Å². The lowest BCUT2D eigenvalue weighted by Crippen LogP contribution is -2.42. The summed E-state index contributed by atoms with van der Waals surface area (Å²) in [4.78, 5) is 12.3. The van der Waals surface area contributed by atoms with E-state index in [1.807, 2.05) is 38.1 Å². The van der Waals surface area contributed by atoms with Crippen molar-refractivity contribution < 1.29 is 4.79 Å². The lowest BCUT2D eigenvalue weighted by Gasteiger charge is -2.24. The van der Waals surface area contributed by atoms with E-state index >= 15 is 0 Å². The molecule has 114 valence electrons. The van der Waals surface area contributed by atoms with Crippen LogP contribution in [0, 0.1) is 0 Å². The van der Waals surface area contributed by atoms with Gasteiger partial charge in [0.1, 0.15) is 0 Å². The van der Waals surface area contributed by atoms with Crippen LogP contribution in [0.2, 0.25) is 0 Å². The largest absolute Gasteiger partial charge is 0.354 e. The van der Waals surface area contributed by atoms with Gasteiger partial charge in [-0.2, -0.15) is 0 Å². The maximum absolute atomic E-state index is 12.3. The highest BCUT2D eigenvalue weighted by atomic mass is 79.9. The van der Waals surface area contributed by atoms with E-state index in [1.54, 1.807) is 0 Å². The second-order valence-electron chi connectivity index (χ2n) is 5.14. The molecule has 0 bridgehead atoms. The fraction of sp³-hybridized carbons (Fsp3) is 0.533. The molecule has 0 aliphatic heterocycles. The molecule has 1 aromatic carbocycles. The molecule has 20 heavy (non-hydrogen) atoms. The van der Waals surface area contributed by atoms with Gasteiger partial charge < -0.3 is 10.6 Å². The van der Waals surface area contributed by atoms with Gasteiger partial charge in [-0.25, -0.2) is 0 Å². The maximum atomic E-state index is 12.3. The summed E-state index contributed by atoms with van der Waals surface area (Å²) in [5, 5.41) is 6.25. The molecule has 0 saturated heterocycles. The first-order valence-electron chi connectivity index (χ1n) is 6.73. The van der Waals surface area contributed by atoms with Gasteiger partial charge >= 0.3 is 0 Å². The molecule has 3 nitrogen and oxygen atoms in total. The first-order chi connectivity index (χ1) is 8.98. The second-order valence-corrected chi connectivity index (χ2v) is 6.06. The van der Waals surface area contributed by atoms with E-state index in [-0.39, 0.29) is 18.3 Å². The first-order valence-corrected chi connectivity index (χ1v) is 7.53. The Kier molecular flexibility index (Phi) is 9.10. The number of carbonyl (C=O) groups is 1. The molecule has 0 fully saturated rings. The molecule has 2 N–H and O–H groups in total. The zero-order valence-electron chi connectivity index (χ0n) is 12.3. The Morgan fingerprint density at radius 2 is 1.95 bits per heavy atom. The van der Waals surface area contributed by atoms with E-state index in [9.17, 15) is 4.79 Å². The van der Waals surface area contributed by atoms with Crippen molar-refractivity contribution in [2.45, 2.75) is 32.6 Å². The average molecular weight is 364 g/mol. The van der Waals surface area contributed by atoms with E-state index in [4.69, 9.17) is 0 Å². The van der Waals surface area contributed by atoms with Gasteiger partial charge in [-0.15, -0.1) is 12.4 Å². The van der Waals surface area contributed by atoms with Crippen LogP contribution in [0.1, 0.15) is 32.8 Å². The van der Waals surface area contributed by atoms with Crippen molar-refractivity contribution in [1.82, 2.24) is 10.6 Å². The summed E-state index contributed by atoms with van der Waals surface area (Å²) >= 11 is 3.44. The zero-order valence-corrected chi connectivity index (χ0v) is 14.7. The summed E-state index contributed by atoms with van der Waals surface area (Å²) in [6.07, 6.45) is 1.11. The highest BCUT2D eigenvalue weighted by molar-refractivity contribution is 9.10. The SMILES string of the molecule is CCCNCCNC(=O)C(C)(C)c1cccc(Br)c1.Cl. The van der Waals surface area contributed by atoms with E-state index in [0.717, 1.165) is 29.5 Å². The number of hydrogen-bond acceptors (Lipinski definition) is 2. The Balaban J connectivity index is 0.00000361. The van der Waals surface area contributed by atoms with Crippen LogP contribution in [0.15, 0.2) is 28.7 Å². The van der Waals surface area contributed by atoms with E-state index in [1.165, 1.54) is 0 Å². The highest BCUT2D eigenvalue weighted by Gasteiger charge is 2.29. The fourth-order valence-electron chi connectivity index (χ4n) is 1.80. The molecule has 0 spiro atoms. The van der Waals surface area contributed by atoms with Crippen LogP contribution >= 0.6 is 28.3 Å². The van der Waals surface area contributed by atoms with Crippen molar-refractivity contribution in [1.29, 1.82) is 0 Å². The minimum Gasteiger partial charge on any atom is -0.354 e. The number of nitrogens with one attached hydrogen (secondary N) is 2. The highest BCUT2D eigenvalue weighted by Crippen LogP contribution is 2.25. The van der Waals surface area contributed by atoms with E-state index in [2.05, 4.69) is 33.5 Å². The third-order valence-electron chi connectivity index (χ3n) is 3.13. The lowest BCUT2D eigenvalue weighted by molar-refractivity contribution is -0.125. The zero-order chi connectivity index (χ0) is 14.3.